The van der Waals surface area contributed by atoms with Gasteiger partial charge in [0, 0.05) is 19.4 Å². The molecule has 17 heavy (non-hydrogen) atoms. The van der Waals surface area contributed by atoms with Gasteiger partial charge in [-0.1, -0.05) is 5.16 Å². The van der Waals surface area contributed by atoms with Gasteiger partial charge in [0.2, 0.25) is 0 Å². The lowest BCUT2D eigenvalue weighted by Crippen LogP contribution is -2.39. The summed E-state index contributed by atoms with van der Waals surface area (Å²) >= 11 is 3.32. The minimum Gasteiger partial charge on any atom is -0.444 e. The lowest BCUT2D eigenvalue weighted by atomic mass is 10.0. The van der Waals surface area contributed by atoms with E-state index in [1.54, 1.807) is 4.90 Å². The van der Waals surface area contributed by atoms with Crippen LogP contribution in [0.2, 0.25) is 0 Å². The van der Waals surface area contributed by atoms with Crippen molar-refractivity contribution in [2.45, 2.75) is 44.8 Å². The fourth-order valence-electron chi connectivity index (χ4n) is 2.02. The van der Waals surface area contributed by atoms with Crippen molar-refractivity contribution >= 4 is 26.6 Å². The van der Waals surface area contributed by atoms with Crippen molar-refractivity contribution in [1.82, 2.24) is 4.90 Å². The van der Waals surface area contributed by atoms with Crippen LogP contribution in [-0.2, 0) is 9.57 Å². The molecule has 0 aromatic heterocycles. The third kappa shape index (κ3) is 2.91. The zero-order valence-electron chi connectivity index (χ0n) is 10.3. The smallest absolute Gasteiger partial charge is 0.410 e. The van der Waals surface area contributed by atoms with Crippen LogP contribution in [0.15, 0.2) is 5.16 Å². The SMILES string of the molecule is CC(C)(C)OC(=O)N1CCC2(CC(Br)=NO2)C1. The number of ether oxygens (including phenoxy) is 1. The number of amides is 1. The van der Waals surface area contributed by atoms with E-state index in [1.165, 1.54) is 0 Å². The number of rotatable bonds is 0. The molecule has 0 aromatic rings. The first kappa shape index (κ1) is 12.7. The summed E-state index contributed by atoms with van der Waals surface area (Å²) in [5.41, 5.74) is -0.795. The molecule has 0 aliphatic carbocycles. The summed E-state index contributed by atoms with van der Waals surface area (Å²) in [5, 5.41) is 3.89. The Bertz CT molecular complexity index is 364. The second-order valence-corrected chi connectivity index (χ2v) is 6.49. The van der Waals surface area contributed by atoms with Crippen LogP contribution in [0.5, 0.6) is 0 Å². The van der Waals surface area contributed by atoms with E-state index >= 15 is 0 Å². The number of oxime groups is 1. The highest BCUT2D eigenvalue weighted by atomic mass is 79.9. The van der Waals surface area contributed by atoms with Crippen LogP contribution >= 0.6 is 15.9 Å². The van der Waals surface area contributed by atoms with Crippen molar-refractivity contribution in [1.29, 1.82) is 0 Å². The van der Waals surface area contributed by atoms with Gasteiger partial charge in [-0.2, -0.15) is 0 Å². The van der Waals surface area contributed by atoms with E-state index in [1.807, 2.05) is 20.8 Å². The number of nitrogens with zero attached hydrogens (tertiary/aromatic N) is 2. The van der Waals surface area contributed by atoms with Crippen LogP contribution in [0.25, 0.3) is 0 Å². The van der Waals surface area contributed by atoms with Crippen molar-refractivity contribution in [3.63, 3.8) is 0 Å². The average molecular weight is 305 g/mol. The summed E-state index contributed by atoms with van der Waals surface area (Å²) in [6, 6.07) is 0. The van der Waals surface area contributed by atoms with Crippen molar-refractivity contribution in [3.05, 3.63) is 0 Å². The summed E-state index contributed by atoms with van der Waals surface area (Å²) in [6.45, 7) is 6.79. The van der Waals surface area contributed by atoms with Crippen LogP contribution in [0.4, 0.5) is 4.79 Å². The molecular weight excluding hydrogens is 288 g/mol. The monoisotopic (exact) mass is 304 g/mol. The molecule has 2 aliphatic heterocycles. The lowest BCUT2D eigenvalue weighted by Gasteiger charge is -2.25. The Kier molecular flexibility index (Phi) is 3.10. The van der Waals surface area contributed by atoms with Gasteiger partial charge in [0.05, 0.1) is 6.54 Å². The zero-order chi connectivity index (χ0) is 12.7. The first-order chi connectivity index (χ1) is 7.80. The number of hydrogen-bond donors (Lipinski definition) is 0. The second kappa shape index (κ2) is 4.15. The van der Waals surface area contributed by atoms with Gasteiger partial charge >= 0.3 is 6.09 Å². The molecule has 0 radical (unpaired) electrons. The molecule has 6 heteroatoms. The molecule has 1 amide bonds. The summed E-state index contributed by atoms with van der Waals surface area (Å²) < 4.78 is 6.14. The second-order valence-electron chi connectivity index (χ2n) is 5.57. The minimum atomic E-state index is -0.458. The average Bonchev–Trinajstić information content (AvgIpc) is 2.72. The largest absolute Gasteiger partial charge is 0.444 e. The highest BCUT2D eigenvalue weighted by molar-refractivity contribution is 9.18. The van der Waals surface area contributed by atoms with Gasteiger partial charge in [-0.15, -0.1) is 0 Å². The van der Waals surface area contributed by atoms with Gasteiger partial charge in [0.25, 0.3) is 0 Å². The molecule has 1 atom stereocenters. The zero-order valence-corrected chi connectivity index (χ0v) is 11.9. The molecule has 1 unspecified atom stereocenters. The first-order valence-corrected chi connectivity index (χ1v) is 6.47. The van der Waals surface area contributed by atoms with E-state index in [0.717, 1.165) is 17.5 Å². The van der Waals surface area contributed by atoms with E-state index in [2.05, 4.69) is 21.1 Å². The molecule has 0 bridgehead atoms. The van der Waals surface area contributed by atoms with Crippen molar-refractivity contribution in [2.75, 3.05) is 13.1 Å². The molecule has 96 valence electrons. The van der Waals surface area contributed by atoms with Gasteiger partial charge in [0.1, 0.15) is 10.2 Å². The topological polar surface area (TPSA) is 51.1 Å². The maximum Gasteiger partial charge on any atom is 0.410 e. The highest BCUT2D eigenvalue weighted by Gasteiger charge is 2.47. The van der Waals surface area contributed by atoms with E-state index in [9.17, 15) is 4.79 Å². The molecule has 2 rings (SSSR count). The molecular formula is C11H17BrN2O3. The van der Waals surface area contributed by atoms with Crippen LogP contribution in [-0.4, -0.2) is 39.9 Å². The molecule has 1 saturated heterocycles. The van der Waals surface area contributed by atoms with Crippen molar-refractivity contribution in [2.24, 2.45) is 5.16 Å². The number of likely N-dealkylation sites (tertiary alicyclic amines) is 1. The van der Waals surface area contributed by atoms with Gasteiger partial charge in [-0.3, -0.25) is 0 Å². The van der Waals surface area contributed by atoms with Gasteiger partial charge < -0.3 is 14.5 Å². The Balaban J connectivity index is 1.92. The van der Waals surface area contributed by atoms with E-state index in [0.29, 0.717) is 13.1 Å². The summed E-state index contributed by atoms with van der Waals surface area (Å²) in [6.07, 6.45) is 1.25. The minimum absolute atomic E-state index is 0.277. The molecule has 1 spiro atoms. The Morgan fingerprint density at radius 2 is 2.29 bits per heavy atom. The molecule has 0 N–H and O–H groups in total. The fourth-order valence-corrected chi connectivity index (χ4v) is 2.61. The highest BCUT2D eigenvalue weighted by Crippen LogP contribution is 2.35. The maximum atomic E-state index is 11.9. The number of carbonyl (C=O) groups is 1. The van der Waals surface area contributed by atoms with Crippen LogP contribution in [0.1, 0.15) is 33.6 Å². The lowest BCUT2D eigenvalue weighted by molar-refractivity contribution is -0.0159. The fraction of sp³-hybridized carbons (Fsp3) is 0.818. The third-order valence-corrected chi connectivity index (χ3v) is 3.20. The number of halogens is 1. The van der Waals surface area contributed by atoms with Crippen LogP contribution in [0, 0.1) is 0 Å². The van der Waals surface area contributed by atoms with Crippen LogP contribution in [0.3, 0.4) is 0 Å². The molecule has 1 fully saturated rings. The quantitative estimate of drug-likeness (QED) is 0.691. The number of carbonyl (C=O) groups excluding carboxylic acids is 1. The predicted molar refractivity (Wildman–Crippen MR) is 67.2 cm³/mol. The Morgan fingerprint density at radius 3 is 2.82 bits per heavy atom. The van der Waals surface area contributed by atoms with E-state index in [-0.39, 0.29) is 11.7 Å². The molecule has 2 aliphatic rings. The number of hydrogen-bond acceptors (Lipinski definition) is 4. The maximum absolute atomic E-state index is 11.9. The Morgan fingerprint density at radius 1 is 1.59 bits per heavy atom. The Hall–Kier alpha value is -0.780. The molecule has 2 heterocycles. The summed E-state index contributed by atoms with van der Waals surface area (Å²) in [5.74, 6) is 0. The van der Waals surface area contributed by atoms with Crippen molar-refractivity contribution in [3.8, 4) is 0 Å². The first-order valence-electron chi connectivity index (χ1n) is 5.68. The van der Waals surface area contributed by atoms with Crippen LogP contribution < -0.4 is 0 Å². The molecule has 5 nitrogen and oxygen atoms in total. The van der Waals surface area contributed by atoms with E-state index < -0.39 is 5.60 Å². The van der Waals surface area contributed by atoms with Crippen molar-refractivity contribution < 1.29 is 14.4 Å². The van der Waals surface area contributed by atoms with Gasteiger partial charge in [-0.05, 0) is 36.7 Å². The standard InChI is InChI=1S/C11H17BrN2O3/c1-10(2,3)16-9(15)14-5-4-11(7-14)6-8(12)13-17-11/h4-7H2,1-3H3. The van der Waals surface area contributed by atoms with E-state index in [4.69, 9.17) is 9.57 Å². The molecule has 0 aromatic carbocycles. The van der Waals surface area contributed by atoms with Gasteiger partial charge in [-0.25, -0.2) is 4.79 Å². The molecule has 0 saturated carbocycles. The summed E-state index contributed by atoms with van der Waals surface area (Å²) in [4.78, 5) is 19.0. The normalized spacial score (nSPS) is 28.2. The predicted octanol–water partition coefficient (Wildman–Crippen LogP) is 2.49. The Labute approximate surface area is 109 Å². The third-order valence-electron chi connectivity index (χ3n) is 2.77. The van der Waals surface area contributed by atoms with Gasteiger partial charge in [0.15, 0.2) is 5.60 Å². The summed E-state index contributed by atoms with van der Waals surface area (Å²) in [7, 11) is 0.